The number of hydrogen-bond donors (Lipinski definition) is 1. The van der Waals surface area contributed by atoms with E-state index in [1.807, 2.05) is 0 Å². The maximum atomic E-state index is 13.2. The van der Waals surface area contributed by atoms with Crippen LogP contribution in [-0.4, -0.2) is 29.7 Å². The van der Waals surface area contributed by atoms with Crippen LogP contribution in [0.15, 0.2) is 5.38 Å². The van der Waals surface area contributed by atoms with Crippen LogP contribution < -0.4 is 5.32 Å². The minimum atomic E-state index is -4.43. The molecule has 1 N–H and O–H groups in total. The van der Waals surface area contributed by atoms with Gasteiger partial charge in [0.05, 0.1) is 0 Å². The second kappa shape index (κ2) is 6.76. The predicted octanol–water partition coefficient (Wildman–Crippen LogP) is 3.85. The number of hydrogen-bond acceptors (Lipinski definition) is 4. The van der Waals surface area contributed by atoms with Gasteiger partial charge >= 0.3 is 6.18 Å². The summed E-state index contributed by atoms with van der Waals surface area (Å²) in [5, 5.41) is 4.33. The first-order valence-corrected chi connectivity index (χ1v) is 8.77. The summed E-state index contributed by atoms with van der Waals surface area (Å²) in [7, 11) is 0. The zero-order valence-corrected chi connectivity index (χ0v) is 13.4. The summed E-state index contributed by atoms with van der Waals surface area (Å²) in [4.78, 5) is 16.3. The van der Waals surface area contributed by atoms with Crippen LogP contribution in [-0.2, 0) is 4.74 Å². The summed E-state index contributed by atoms with van der Waals surface area (Å²) < 4.78 is 45.2. The van der Waals surface area contributed by atoms with E-state index >= 15 is 0 Å². The normalized spacial score (nSPS) is 24.0. The first-order valence-electron chi connectivity index (χ1n) is 7.90. The molecule has 0 aromatic carbocycles. The third kappa shape index (κ3) is 3.85. The topological polar surface area (TPSA) is 51.2 Å². The number of amides is 1. The summed E-state index contributed by atoms with van der Waals surface area (Å²) >= 11 is 1.26. The van der Waals surface area contributed by atoms with Crippen LogP contribution in [0.25, 0.3) is 0 Å². The molecule has 8 heteroatoms. The molecule has 23 heavy (non-hydrogen) atoms. The molecular formula is C15H19F3N2O2S. The number of rotatable bonds is 4. The van der Waals surface area contributed by atoms with Crippen molar-refractivity contribution >= 4 is 17.2 Å². The number of carbonyl (C=O) groups is 1. The fraction of sp³-hybridized carbons (Fsp3) is 0.733. The maximum absolute atomic E-state index is 13.2. The van der Waals surface area contributed by atoms with Gasteiger partial charge in [-0.3, -0.25) is 4.79 Å². The van der Waals surface area contributed by atoms with E-state index < -0.39 is 24.0 Å². The van der Waals surface area contributed by atoms with Crippen molar-refractivity contribution < 1.29 is 22.7 Å². The van der Waals surface area contributed by atoms with E-state index in [4.69, 9.17) is 4.74 Å². The van der Waals surface area contributed by atoms with Crippen LogP contribution in [0.3, 0.4) is 0 Å². The highest BCUT2D eigenvalue weighted by Crippen LogP contribution is 2.36. The molecule has 2 heterocycles. The van der Waals surface area contributed by atoms with E-state index in [1.165, 1.54) is 16.7 Å². The number of ether oxygens (including phenoxy) is 1. The Bertz CT molecular complexity index is 549. The summed E-state index contributed by atoms with van der Waals surface area (Å²) in [6.45, 7) is 0.656. The molecule has 1 saturated heterocycles. The summed E-state index contributed by atoms with van der Waals surface area (Å²) in [5.41, 5.74) is 0.0488. The number of nitrogens with zero attached hydrogens (tertiary/aromatic N) is 1. The number of alkyl halides is 3. The Labute approximate surface area is 136 Å². The molecule has 1 aliphatic carbocycles. The van der Waals surface area contributed by atoms with Gasteiger partial charge in [0.15, 0.2) is 0 Å². The molecule has 1 aromatic heterocycles. The molecular weight excluding hydrogens is 329 g/mol. The largest absolute Gasteiger partial charge is 0.408 e. The molecule has 3 rings (SSSR count). The van der Waals surface area contributed by atoms with Gasteiger partial charge in [-0.05, 0) is 31.6 Å². The Balaban J connectivity index is 1.68. The van der Waals surface area contributed by atoms with Crippen molar-refractivity contribution in [2.75, 3.05) is 6.61 Å². The minimum Gasteiger partial charge on any atom is -0.371 e. The van der Waals surface area contributed by atoms with Gasteiger partial charge in [-0.2, -0.15) is 13.2 Å². The molecule has 4 nitrogen and oxygen atoms in total. The molecule has 0 radical (unpaired) electrons. The highest BCUT2D eigenvalue weighted by Gasteiger charge is 2.46. The summed E-state index contributed by atoms with van der Waals surface area (Å²) in [6.07, 6.45) is -0.218. The van der Waals surface area contributed by atoms with Gasteiger partial charge < -0.3 is 10.1 Å². The highest BCUT2D eigenvalue weighted by molar-refractivity contribution is 7.09. The van der Waals surface area contributed by atoms with E-state index in [1.54, 1.807) is 0 Å². The van der Waals surface area contributed by atoms with Crippen LogP contribution >= 0.6 is 11.3 Å². The van der Waals surface area contributed by atoms with Crippen LogP contribution in [0.4, 0.5) is 13.2 Å². The van der Waals surface area contributed by atoms with Crippen molar-refractivity contribution in [3.8, 4) is 0 Å². The second-order valence-corrected chi connectivity index (χ2v) is 7.00. The Morgan fingerprint density at radius 2 is 2.04 bits per heavy atom. The molecule has 128 valence electrons. The third-order valence-corrected chi connectivity index (χ3v) is 5.41. The zero-order valence-electron chi connectivity index (χ0n) is 12.6. The van der Waals surface area contributed by atoms with Crippen molar-refractivity contribution in [2.45, 2.75) is 56.8 Å². The van der Waals surface area contributed by atoms with Gasteiger partial charge in [-0.25, -0.2) is 4.98 Å². The number of aromatic nitrogens is 1. The lowest BCUT2D eigenvalue weighted by molar-refractivity contribution is -0.164. The molecule has 2 fully saturated rings. The minimum absolute atomic E-state index is 0.0488. The molecule has 2 aliphatic rings. The third-order valence-electron chi connectivity index (χ3n) is 4.47. The smallest absolute Gasteiger partial charge is 0.371 e. The van der Waals surface area contributed by atoms with Crippen LogP contribution in [0, 0.1) is 5.92 Å². The van der Waals surface area contributed by atoms with Gasteiger partial charge in [0.25, 0.3) is 5.91 Å². The zero-order chi connectivity index (χ0) is 16.4. The van der Waals surface area contributed by atoms with Gasteiger partial charge in [0, 0.05) is 12.0 Å². The molecule has 1 saturated carbocycles. The monoisotopic (exact) mass is 348 g/mol. The predicted molar refractivity (Wildman–Crippen MR) is 79.3 cm³/mol. The Hall–Kier alpha value is -1.15. The maximum Gasteiger partial charge on any atom is 0.408 e. The number of carbonyl (C=O) groups excluding carboxylic acids is 1. The first kappa shape index (κ1) is 16.7. The Morgan fingerprint density at radius 3 is 2.65 bits per heavy atom. The van der Waals surface area contributed by atoms with Crippen LogP contribution in [0.5, 0.6) is 0 Å². The quantitative estimate of drug-likeness (QED) is 0.899. The lowest BCUT2D eigenvalue weighted by Gasteiger charge is -2.26. The fourth-order valence-corrected chi connectivity index (χ4v) is 4.17. The molecule has 1 aromatic rings. The Kier molecular flexibility index (Phi) is 4.91. The summed E-state index contributed by atoms with van der Waals surface area (Å²) in [5.74, 6) is -1.28. The lowest BCUT2D eigenvalue weighted by Crippen LogP contribution is -2.49. The number of thiazole rings is 1. The molecule has 1 amide bonds. The van der Waals surface area contributed by atoms with E-state index in [0.29, 0.717) is 24.5 Å². The fourth-order valence-electron chi connectivity index (χ4n) is 3.29. The average Bonchev–Trinajstić information content (AvgIpc) is 3.23. The number of halogens is 3. The standard InChI is InChI=1S/C15H19F3N2O2S/c16-15(17,18)12(9-4-1-2-5-9)20-13(21)10-8-23-14(19-10)11-6-3-7-22-11/h8-9,11-12H,1-7H2,(H,20,21)/t11-,12+/m0/s1. The SMILES string of the molecule is O=C(N[C@H](C1CCCC1)C(F)(F)F)c1csc([C@@H]2CCCO2)n1. The first-order chi connectivity index (χ1) is 10.9. The van der Waals surface area contributed by atoms with Crippen LogP contribution in [0.2, 0.25) is 0 Å². The van der Waals surface area contributed by atoms with E-state index in [0.717, 1.165) is 25.7 Å². The second-order valence-electron chi connectivity index (χ2n) is 6.11. The lowest BCUT2D eigenvalue weighted by atomic mass is 9.97. The van der Waals surface area contributed by atoms with Crippen molar-refractivity contribution in [1.82, 2.24) is 10.3 Å². The van der Waals surface area contributed by atoms with Gasteiger partial charge in [0.1, 0.15) is 22.8 Å². The van der Waals surface area contributed by atoms with E-state index in [9.17, 15) is 18.0 Å². The van der Waals surface area contributed by atoms with Crippen molar-refractivity contribution in [3.05, 3.63) is 16.1 Å². The van der Waals surface area contributed by atoms with E-state index in [2.05, 4.69) is 10.3 Å². The van der Waals surface area contributed by atoms with Gasteiger partial charge in [-0.15, -0.1) is 11.3 Å². The van der Waals surface area contributed by atoms with Gasteiger partial charge in [-0.1, -0.05) is 12.8 Å². The molecule has 0 bridgehead atoms. The highest BCUT2D eigenvalue weighted by atomic mass is 32.1. The molecule has 1 aliphatic heterocycles. The molecule has 2 atom stereocenters. The average molecular weight is 348 g/mol. The number of nitrogens with one attached hydrogen (secondary N) is 1. The molecule has 0 unspecified atom stereocenters. The van der Waals surface area contributed by atoms with Crippen molar-refractivity contribution in [2.24, 2.45) is 5.92 Å². The van der Waals surface area contributed by atoms with Gasteiger partial charge in [0.2, 0.25) is 0 Å². The summed E-state index contributed by atoms with van der Waals surface area (Å²) in [6, 6.07) is -1.79. The van der Waals surface area contributed by atoms with Crippen molar-refractivity contribution in [3.63, 3.8) is 0 Å². The Morgan fingerprint density at radius 1 is 1.30 bits per heavy atom. The van der Waals surface area contributed by atoms with E-state index in [-0.39, 0.29) is 11.8 Å². The van der Waals surface area contributed by atoms with Crippen molar-refractivity contribution in [1.29, 1.82) is 0 Å². The van der Waals surface area contributed by atoms with Crippen LogP contribution in [0.1, 0.15) is 60.1 Å². The molecule has 0 spiro atoms.